The third kappa shape index (κ3) is 3.15. The standard InChI is InChI=1S/C11H15NO3S/c1-6(13)7(2)16-10-4-3-8(11(14)15)5-9(10)12/h3-7,13H,12H2,1-2H3,(H,14,15). The summed E-state index contributed by atoms with van der Waals surface area (Å²) in [5, 5.41) is 18.1. The number of nitrogens with two attached hydrogens (primary N) is 1. The summed E-state index contributed by atoms with van der Waals surface area (Å²) in [6, 6.07) is 4.61. The molecule has 0 amide bonds. The second-order valence-corrected chi connectivity index (χ2v) is 5.04. The van der Waals surface area contributed by atoms with Crippen molar-refractivity contribution in [1.82, 2.24) is 0 Å². The Balaban J connectivity index is 2.87. The summed E-state index contributed by atoms with van der Waals surface area (Å²) < 4.78 is 0. The summed E-state index contributed by atoms with van der Waals surface area (Å²) in [5.41, 5.74) is 6.34. The molecule has 88 valence electrons. The van der Waals surface area contributed by atoms with E-state index in [1.807, 2.05) is 6.92 Å². The number of anilines is 1. The SMILES string of the molecule is CC(O)C(C)Sc1ccc(C(=O)O)cc1N. The average Bonchev–Trinajstić information content (AvgIpc) is 2.20. The minimum atomic E-state index is -0.994. The van der Waals surface area contributed by atoms with Gasteiger partial charge in [-0.2, -0.15) is 0 Å². The van der Waals surface area contributed by atoms with Crippen LogP contribution in [0.2, 0.25) is 0 Å². The number of hydrogen-bond donors (Lipinski definition) is 3. The first-order chi connectivity index (χ1) is 7.41. The number of benzene rings is 1. The Kier molecular flexibility index (Phi) is 4.20. The van der Waals surface area contributed by atoms with Gasteiger partial charge in [0.1, 0.15) is 0 Å². The fourth-order valence-electron chi connectivity index (χ4n) is 1.09. The minimum Gasteiger partial charge on any atom is -0.478 e. The maximum atomic E-state index is 10.7. The molecule has 5 heteroatoms. The van der Waals surface area contributed by atoms with Gasteiger partial charge in [0.2, 0.25) is 0 Å². The quantitative estimate of drug-likeness (QED) is 0.553. The molecule has 1 aromatic rings. The third-order valence-electron chi connectivity index (χ3n) is 2.25. The van der Waals surface area contributed by atoms with Crippen LogP contribution in [0.5, 0.6) is 0 Å². The molecule has 0 spiro atoms. The van der Waals surface area contributed by atoms with Crippen LogP contribution in [0.15, 0.2) is 23.1 Å². The molecule has 1 rings (SSSR count). The summed E-state index contributed by atoms with van der Waals surface area (Å²) in [6.45, 7) is 3.60. The fraction of sp³-hybridized carbons (Fsp3) is 0.364. The largest absolute Gasteiger partial charge is 0.478 e. The predicted octanol–water partition coefficient (Wildman–Crippen LogP) is 1.83. The molecule has 0 aliphatic rings. The van der Waals surface area contributed by atoms with E-state index in [1.165, 1.54) is 23.9 Å². The van der Waals surface area contributed by atoms with Crippen molar-refractivity contribution in [3.8, 4) is 0 Å². The van der Waals surface area contributed by atoms with Crippen molar-refractivity contribution in [3.05, 3.63) is 23.8 Å². The van der Waals surface area contributed by atoms with E-state index in [4.69, 9.17) is 10.8 Å². The smallest absolute Gasteiger partial charge is 0.335 e. The van der Waals surface area contributed by atoms with Crippen molar-refractivity contribution in [1.29, 1.82) is 0 Å². The van der Waals surface area contributed by atoms with Gasteiger partial charge in [-0.15, -0.1) is 11.8 Å². The van der Waals surface area contributed by atoms with Gasteiger partial charge in [0.25, 0.3) is 0 Å². The van der Waals surface area contributed by atoms with Crippen LogP contribution in [0.4, 0.5) is 5.69 Å². The van der Waals surface area contributed by atoms with E-state index in [-0.39, 0.29) is 10.8 Å². The summed E-state index contributed by atoms with van der Waals surface area (Å²) in [6.07, 6.45) is -0.441. The van der Waals surface area contributed by atoms with Gasteiger partial charge < -0.3 is 15.9 Å². The number of carbonyl (C=O) groups is 1. The summed E-state index contributed by atoms with van der Waals surface area (Å²) >= 11 is 1.43. The molecule has 0 saturated heterocycles. The fourth-order valence-corrected chi connectivity index (χ4v) is 2.03. The third-order valence-corrected chi connectivity index (χ3v) is 3.64. The maximum Gasteiger partial charge on any atom is 0.335 e. The van der Waals surface area contributed by atoms with E-state index in [1.54, 1.807) is 13.0 Å². The lowest BCUT2D eigenvalue weighted by molar-refractivity contribution is 0.0697. The van der Waals surface area contributed by atoms with Crippen molar-refractivity contribution in [2.24, 2.45) is 0 Å². The molecule has 2 atom stereocenters. The highest BCUT2D eigenvalue weighted by molar-refractivity contribution is 8.00. The lowest BCUT2D eigenvalue weighted by atomic mass is 10.2. The van der Waals surface area contributed by atoms with Crippen LogP contribution < -0.4 is 5.73 Å². The molecular formula is C11H15NO3S. The van der Waals surface area contributed by atoms with Gasteiger partial charge in [-0.3, -0.25) is 0 Å². The molecule has 0 saturated carbocycles. The lowest BCUT2D eigenvalue weighted by Gasteiger charge is -2.15. The highest BCUT2D eigenvalue weighted by Crippen LogP contribution is 2.30. The maximum absolute atomic E-state index is 10.7. The van der Waals surface area contributed by atoms with Crippen LogP contribution >= 0.6 is 11.8 Å². The van der Waals surface area contributed by atoms with E-state index in [2.05, 4.69) is 0 Å². The molecule has 2 unspecified atom stereocenters. The van der Waals surface area contributed by atoms with Gasteiger partial charge >= 0.3 is 5.97 Å². The second kappa shape index (κ2) is 5.23. The van der Waals surface area contributed by atoms with Crippen molar-refractivity contribution >= 4 is 23.4 Å². The molecule has 1 aromatic carbocycles. The number of hydrogen-bond acceptors (Lipinski definition) is 4. The number of aromatic carboxylic acids is 1. The predicted molar refractivity (Wildman–Crippen MR) is 64.8 cm³/mol. The summed E-state index contributed by atoms with van der Waals surface area (Å²) in [7, 11) is 0. The number of thioether (sulfide) groups is 1. The summed E-state index contributed by atoms with van der Waals surface area (Å²) in [5.74, 6) is -0.994. The zero-order chi connectivity index (χ0) is 12.3. The molecule has 0 aliphatic carbocycles. The minimum absolute atomic E-state index is 0.0120. The first kappa shape index (κ1) is 12.9. The van der Waals surface area contributed by atoms with Crippen LogP contribution in [0.3, 0.4) is 0 Å². The summed E-state index contributed by atoms with van der Waals surface area (Å²) in [4.78, 5) is 11.5. The molecular weight excluding hydrogens is 226 g/mol. The highest BCUT2D eigenvalue weighted by atomic mass is 32.2. The highest BCUT2D eigenvalue weighted by Gasteiger charge is 2.13. The molecule has 0 heterocycles. The van der Waals surface area contributed by atoms with Crippen LogP contribution in [-0.4, -0.2) is 27.5 Å². The van der Waals surface area contributed by atoms with Gasteiger partial charge in [-0.1, -0.05) is 6.92 Å². The molecule has 4 N–H and O–H groups in total. The number of nitrogen functional groups attached to an aromatic ring is 1. The lowest BCUT2D eigenvalue weighted by Crippen LogP contribution is -2.15. The molecule has 0 aromatic heterocycles. The topological polar surface area (TPSA) is 83.5 Å². The Morgan fingerprint density at radius 1 is 1.44 bits per heavy atom. The number of aliphatic hydroxyl groups is 1. The average molecular weight is 241 g/mol. The van der Waals surface area contributed by atoms with Crippen molar-refractivity contribution in [2.45, 2.75) is 30.1 Å². The van der Waals surface area contributed by atoms with E-state index in [0.717, 1.165) is 4.90 Å². The monoisotopic (exact) mass is 241 g/mol. The Morgan fingerprint density at radius 2 is 2.06 bits per heavy atom. The zero-order valence-corrected chi connectivity index (χ0v) is 9.99. The molecule has 0 radical (unpaired) electrons. The van der Waals surface area contributed by atoms with Gasteiger partial charge in [0.05, 0.1) is 11.7 Å². The zero-order valence-electron chi connectivity index (χ0n) is 9.18. The van der Waals surface area contributed by atoms with Gasteiger partial charge in [0.15, 0.2) is 0 Å². The van der Waals surface area contributed by atoms with Crippen LogP contribution in [0.25, 0.3) is 0 Å². The molecule has 16 heavy (non-hydrogen) atoms. The molecule has 4 nitrogen and oxygen atoms in total. The first-order valence-corrected chi connectivity index (χ1v) is 5.77. The Morgan fingerprint density at radius 3 is 2.50 bits per heavy atom. The van der Waals surface area contributed by atoms with E-state index >= 15 is 0 Å². The van der Waals surface area contributed by atoms with Gasteiger partial charge in [0, 0.05) is 15.8 Å². The Labute approximate surface area is 98.5 Å². The Hall–Kier alpha value is -1.20. The number of rotatable bonds is 4. The normalized spacial score (nSPS) is 14.4. The van der Waals surface area contributed by atoms with Crippen LogP contribution in [-0.2, 0) is 0 Å². The van der Waals surface area contributed by atoms with Gasteiger partial charge in [-0.05, 0) is 25.1 Å². The van der Waals surface area contributed by atoms with Gasteiger partial charge in [-0.25, -0.2) is 4.79 Å². The molecule has 0 bridgehead atoms. The van der Waals surface area contributed by atoms with Crippen molar-refractivity contribution in [2.75, 3.05) is 5.73 Å². The van der Waals surface area contributed by atoms with Crippen LogP contribution in [0.1, 0.15) is 24.2 Å². The first-order valence-electron chi connectivity index (χ1n) is 4.89. The number of carboxylic acids is 1. The second-order valence-electron chi connectivity index (χ2n) is 3.62. The molecule has 0 fully saturated rings. The van der Waals surface area contributed by atoms with Crippen molar-refractivity contribution < 1.29 is 15.0 Å². The Bertz CT molecular complexity index is 393. The van der Waals surface area contributed by atoms with Crippen LogP contribution in [0, 0.1) is 0 Å². The number of aliphatic hydroxyl groups excluding tert-OH is 1. The van der Waals surface area contributed by atoms with Crippen molar-refractivity contribution in [3.63, 3.8) is 0 Å². The van der Waals surface area contributed by atoms with E-state index < -0.39 is 12.1 Å². The van der Waals surface area contributed by atoms with E-state index in [9.17, 15) is 9.90 Å². The number of carboxylic acid groups (broad SMARTS) is 1. The van der Waals surface area contributed by atoms with E-state index in [0.29, 0.717) is 5.69 Å². The molecule has 0 aliphatic heterocycles.